The maximum atomic E-state index is 9.48. The van der Waals surface area contributed by atoms with Gasteiger partial charge in [0.2, 0.25) is 0 Å². The third kappa shape index (κ3) is 4.51. The molecule has 0 amide bonds. The Bertz CT molecular complexity index is 442. The fraction of sp³-hybridized carbons (Fsp3) is 0.500. The van der Waals surface area contributed by atoms with Crippen LogP contribution in [0.5, 0.6) is 5.75 Å². The van der Waals surface area contributed by atoms with Crippen molar-refractivity contribution in [1.29, 1.82) is 0 Å². The monoisotopic (exact) mass is 295 g/mol. The number of hydrogen-bond acceptors (Lipinski definition) is 3. The summed E-state index contributed by atoms with van der Waals surface area (Å²) in [6.45, 7) is 4.87. The highest BCUT2D eigenvalue weighted by Crippen LogP contribution is 2.26. The minimum Gasteiger partial charge on any atom is -0.488 e. The van der Waals surface area contributed by atoms with Crippen molar-refractivity contribution in [2.45, 2.75) is 44.4 Å². The Balaban J connectivity index is 1.84. The molecule has 1 aliphatic carbocycles. The van der Waals surface area contributed by atoms with Gasteiger partial charge in [-0.15, -0.1) is 0 Å². The smallest absolute Gasteiger partial charge is 0.138 e. The van der Waals surface area contributed by atoms with Gasteiger partial charge in [-0.25, -0.2) is 0 Å². The summed E-state index contributed by atoms with van der Waals surface area (Å²) in [5.41, 5.74) is 1.15. The van der Waals surface area contributed by atoms with E-state index in [4.69, 9.17) is 16.3 Å². The number of aliphatic hydroxyl groups is 1. The second kappa shape index (κ2) is 7.67. The van der Waals surface area contributed by atoms with Gasteiger partial charge in [0, 0.05) is 12.6 Å². The summed E-state index contributed by atoms with van der Waals surface area (Å²) in [6, 6.07) is 6.35. The zero-order valence-electron chi connectivity index (χ0n) is 11.6. The number of ether oxygens (including phenoxy) is 1. The zero-order chi connectivity index (χ0) is 14.4. The predicted octanol–water partition coefficient (Wildman–Crippen LogP) is 3.30. The second-order valence-electron chi connectivity index (χ2n) is 5.25. The van der Waals surface area contributed by atoms with Crippen molar-refractivity contribution in [3.05, 3.63) is 41.4 Å². The normalized spacial score (nSPS) is 22.5. The van der Waals surface area contributed by atoms with Gasteiger partial charge < -0.3 is 15.2 Å². The van der Waals surface area contributed by atoms with Gasteiger partial charge in [-0.2, -0.15) is 0 Å². The van der Waals surface area contributed by atoms with Gasteiger partial charge in [-0.05, 0) is 43.4 Å². The van der Waals surface area contributed by atoms with Crippen molar-refractivity contribution in [2.75, 3.05) is 6.61 Å². The Labute approximate surface area is 125 Å². The lowest BCUT2D eigenvalue weighted by atomic mass is 9.93. The molecule has 1 fully saturated rings. The van der Waals surface area contributed by atoms with Crippen LogP contribution < -0.4 is 10.1 Å². The highest BCUT2D eigenvalue weighted by molar-refractivity contribution is 6.32. The highest BCUT2D eigenvalue weighted by atomic mass is 35.5. The van der Waals surface area contributed by atoms with E-state index in [0.717, 1.165) is 37.8 Å². The Morgan fingerprint density at radius 2 is 2.10 bits per heavy atom. The summed E-state index contributed by atoms with van der Waals surface area (Å²) >= 11 is 6.19. The second-order valence-corrected chi connectivity index (χ2v) is 5.66. The molecular formula is C16H22ClNO2. The van der Waals surface area contributed by atoms with E-state index in [1.807, 2.05) is 18.2 Å². The molecule has 0 unspecified atom stereocenters. The molecule has 20 heavy (non-hydrogen) atoms. The molecule has 0 heterocycles. The van der Waals surface area contributed by atoms with E-state index in [-0.39, 0.29) is 6.10 Å². The average molecular weight is 296 g/mol. The Kier molecular flexibility index (Phi) is 5.89. The molecule has 0 bridgehead atoms. The summed E-state index contributed by atoms with van der Waals surface area (Å²) in [5.74, 6) is 0.691. The van der Waals surface area contributed by atoms with E-state index in [9.17, 15) is 5.11 Å². The molecule has 0 atom stereocenters. The number of hydrogen-bond donors (Lipinski definition) is 2. The molecule has 4 heteroatoms. The van der Waals surface area contributed by atoms with Crippen LogP contribution >= 0.6 is 11.6 Å². The van der Waals surface area contributed by atoms with Gasteiger partial charge >= 0.3 is 0 Å². The van der Waals surface area contributed by atoms with Crippen LogP contribution in [0, 0.1) is 0 Å². The summed E-state index contributed by atoms with van der Waals surface area (Å²) < 4.78 is 5.45. The number of nitrogens with one attached hydrogen (secondary N) is 1. The van der Waals surface area contributed by atoms with E-state index in [2.05, 4.69) is 11.9 Å². The zero-order valence-corrected chi connectivity index (χ0v) is 12.4. The van der Waals surface area contributed by atoms with Crippen LogP contribution in [0.2, 0.25) is 5.02 Å². The van der Waals surface area contributed by atoms with E-state index in [1.165, 1.54) is 0 Å². The maximum Gasteiger partial charge on any atom is 0.138 e. The van der Waals surface area contributed by atoms with Crippen LogP contribution in [0.3, 0.4) is 0 Å². The van der Waals surface area contributed by atoms with Crippen LogP contribution in [0.1, 0.15) is 31.2 Å². The van der Waals surface area contributed by atoms with E-state index < -0.39 is 0 Å². The van der Waals surface area contributed by atoms with Gasteiger partial charge in [0.1, 0.15) is 12.4 Å². The summed E-state index contributed by atoms with van der Waals surface area (Å²) in [5, 5.41) is 13.6. The van der Waals surface area contributed by atoms with Gasteiger partial charge in [-0.3, -0.25) is 0 Å². The first-order chi connectivity index (χ1) is 9.69. The van der Waals surface area contributed by atoms with Crippen LogP contribution in [0.4, 0.5) is 0 Å². The lowest BCUT2D eigenvalue weighted by Crippen LogP contribution is -2.34. The summed E-state index contributed by atoms with van der Waals surface area (Å²) in [7, 11) is 0. The molecule has 3 nitrogen and oxygen atoms in total. The van der Waals surface area contributed by atoms with Gasteiger partial charge in [0.05, 0.1) is 11.1 Å². The molecule has 0 aromatic heterocycles. The van der Waals surface area contributed by atoms with Crippen LogP contribution in [-0.4, -0.2) is 23.9 Å². The Morgan fingerprint density at radius 1 is 1.35 bits per heavy atom. The first kappa shape index (κ1) is 15.4. The largest absolute Gasteiger partial charge is 0.488 e. The third-order valence-electron chi connectivity index (χ3n) is 3.64. The third-order valence-corrected chi connectivity index (χ3v) is 3.94. The lowest BCUT2D eigenvalue weighted by Gasteiger charge is -2.26. The topological polar surface area (TPSA) is 41.5 Å². The van der Waals surface area contributed by atoms with Crippen molar-refractivity contribution >= 4 is 11.6 Å². The number of rotatable bonds is 6. The molecule has 1 aromatic carbocycles. The number of aliphatic hydroxyl groups excluding tert-OH is 1. The predicted molar refractivity (Wildman–Crippen MR) is 82.2 cm³/mol. The first-order valence-electron chi connectivity index (χ1n) is 7.12. The molecule has 0 aliphatic heterocycles. The quantitative estimate of drug-likeness (QED) is 0.791. The summed E-state index contributed by atoms with van der Waals surface area (Å²) in [4.78, 5) is 0. The van der Waals surface area contributed by atoms with Crippen molar-refractivity contribution in [3.63, 3.8) is 0 Å². The standard InChI is InChI=1S/C16H22ClNO2/c1-2-9-20-16-8-3-12(10-15(16)17)11-18-13-4-6-14(19)7-5-13/h2-3,8,10,13-14,18-19H,1,4-7,9,11H2. The number of halogens is 1. The molecule has 1 aromatic rings. The molecule has 0 radical (unpaired) electrons. The fourth-order valence-electron chi connectivity index (χ4n) is 2.46. The van der Waals surface area contributed by atoms with Crippen molar-refractivity contribution in [1.82, 2.24) is 5.32 Å². The van der Waals surface area contributed by atoms with Crippen LogP contribution in [0.25, 0.3) is 0 Å². The minimum absolute atomic E-state index is 0.108. The van der Waals surface area contributed by atoms with Crippen LogP contribution in [-0.2, 0) is 6.54 Å². The van der Waals surface area contributed by atoms with Gasteiger partial charge in [0.15, 0.2) is 0 Å². The first-order valence-corrected chi connectivity index (χ1v) is 7.50. The van der Waals surface area contributed by atoms with E-state index >= 15 is 0 Å². The Hall–Kier alpha value is -1.03. The summed E-state index contributed by atoms with van der Waals surface area (Å²) in [6.07, 6.45) is 5.46. The molecule has 2 rings (SSSR count). The van der Waals surface area contributed by atoms with Crippen molar-refractivity contribution in [3.8, 4) is 5.75 Å². The van der Waals surface area contributed by atoms with Crippen LogP contribution in [0.15, 0.2) is 30.9 Å². The SMILES string of the molecule is C=CCOc1ccc(CNC2CCC(O)CC2)cc1Cl. The highest BCUT2D eigenvalue weighted by Gasteiger charge is 2.18. The van der Waals surface area contributed by atoms with E-state index in [1.54, 1.807) is 6.08 Å². The maximum absolute atomic E-state index is 9.48. The Morgan fingerprint density at radius 3 is 2.75 bits per heavy atom. The van der Waals surface area contributed by atoms with Gasteiger partial charge in [0.25, 0.3) is 0 Å². The molecule has 2 N–H and O–H groups in total. The molecule has 1 saturated carbocycles. The fourth-order valence-corrected chi connectivity index (χ4v) is 2.72. The molecule has 0 saturated heterocycles. The minimum atomic E-state index is -0.108. The molecular weight excluding hydrogens is 274 g/mol. The van der Waals surface area contributed by atoms with Gasteiger partial charge in [-0.1, -0.05) is 30.3 Å². The molecule has 0 spiro atoms. The lowest BCUT2D eigenvalue weighted by molar-refractivity contribution is 0.116. The number of benzene rings is 1. The van der Waals surface area contributed by atoms with Crippen molar-refractivity contribution in [2.24, 2.45) is 0 Å². The average Bonchev–Trinajstić information content (AvgIpc) is 2.46. The van der Waals surface area contributed by atoms with E-state index in [0.29, 0.717) is 23.4 Å². The van der Waals surface area contributed by atoms with Crippen molar-refractivity contribution < 1.29 is 9.84 Å². The molecule has 1 aliphatic rings. The molecule has 110 valence electrons.